The molecule has 0 saturated heterocycles. The van der Waals surface area contributed by atoms with Crippen molar-refractivity contribution in [3.63, 3.8) is 0 Å². The second kappa shape index (κ2) is 5.95. The quantitative estimate of drug-likeness (QED) is 0.767. The molecule has 0 aliphatic carbocycles. The van der Waals surface area contributed by atoms with Gasteiger partial charge in [-0.05, 0) is 42.8 Å². The van der Waals surface area contributed by atoms with Crippen molar-refractivity contribution >= 4 is 23.0 Å². The Labute approximate surface area is 112 Å². The first-order valence-electron chi connectivity index (χ1n) is 6.21. The SMILES string of the molecule is CCCOc1ccc(Nc2ccc(N)c(N)n2)cc1. The number of anilines is 4. The fourth-order valence-corrected chi connectivity index (χ4v) is 1.56. The van der Waals surface area contributed by atoms with Crippen molar-refractivity contribution in [3.8, 4) is 5.75 Å². The van der Waals surface area contributed by atoms with E-state index in [1.807, 2.05) is 24.3 Å². The van der Waals surface area contributed by atoms with E-state index in [0.717, 1.165) is 24.5 Å². The summed E-state index contributed by atoms with van der Waals surface area (Å²) in [5, 5.41) is 3.15. The van der Waals surface area contributed by atoms with E-state index in [4.69, 9.17) is 16.2 Å². The van der Waals surface area contributed by atoms with Gasteiger partial charge >= 0.3 is 0 Å². The van der Waals surface area contributed by atoms with Crippen molar-refractivity contribution in [2.45, 2.75) is 13.3 Å². The number of aromatic nitrogens is 1. The minimum absolute atomic E-state index is 0.327. The predicted octanol–water partition coefficient (Wildman–Crippen LogP) is 2.78. The van der Waals surface area contributed by atoms with Crippen LogP contribution in [0.4, 0.5) is 23.0 Å². The summed E-state index contributed by atoms with van der Waals surface area (Å²) in [7, 11) is 0. The van der Waals surface area contributed by atoms with Crippen molar-refractivity contribution in [1.82, 2.24) is 4.98 Å². The van der Waals surface area contributed by atoms with Crippen molar-refractivity contribution in [3.05, 3.63) is 36.4 Å². The lowest BCUT2D eigenvalue weighted by Gasteiger charge is -2.09. The Bertz CT molecular complexity index is 540. The molecule has 0 aliphatic heterocycles. The number of rotatable bonds is 5. The molecule has 2 aromatic rings. The van der Waals surface area contributed by atoms with Crippen molar-refractivity contribution in [2.75, 3.05) is 23.4 Å². The lowest BCUT2D eigenvalue weighted by atomic mass is 10.3. The number of ether oxygens (including phenoxy) is 1. The van der Waals surface area contributed by atoms with Gasteiger partial charge in [-0.2, -0.15) is 0 Å². The average molecular weight is 258 g/mol. The van der Waals surface area contributed by atoms with Gasteiger partial charge in [0.05, 0.1) is 12.3 Å². The molecule has 0 atom stereocenters. The molecule has 5 nitrogen and oxygen atoms in total. The molecule has 0 spiro atoms. The van der Waals surface area contributed by atoms with Crippen LogP contribution in [0.2, 0.25) is 0 Å². The lowest BCUT2D eigenvalue weighted by Crippen LogP contribution is -2.01. The van der Waals surface area contributed by atoms with Gasteiger partial charge in [0.15, 0.2) is 0 Å². The van der Waals surface area contributed by atoms with E-state index in [2.05, 4.69) is 17.2 Å². The minimum Gasteiger partial charge on any atom is -0.494 e. The largest absolute Gasteiger partial charge is 0.494 e. The van der Waals surface area contributed by atoms with Gasteiger partial charge in [0.2, 0.25) is 0 Å². The van der Waals surface area contributed by atoms with Crippen LogP contribution in [0.3, 0.4) is 0 Å². The molecule has 100 valence electrons. The average Bonchev–Trinajstić information content (AvgIpc) is 2.42. The Morgan fingerprint density at radius 2 is 1.84 bits per heavy atom. The maximum Gasteiger partial charge on any atom is 0.149 e. The van der Waals surface area contributed by atoms with E-state index in [1.165, 1.54) is 0 Å². The monoisotopic (exact) mass is 258 g/mol. The Hall–Kier alpha value is -2.43. The molecule has 0 fully saturated rings. The molecule has 0 radical (unpaired) electrons. The fourth-order valence-electron chi connectivity index (χ4n) is 1.56. The summed E-state index contributed by atoms with van der Waals surface area (Å²) in [6.07, 6.45) is 0.995. The molecule has 19 heavy (non-hydrogen) atoms. The number of hydrogen-bond acceptors (Lipinski definition) is 5. The van der Waals surface area contributed by atoms with Crippen LogP contribution in [0.1, 0.15) is 13.3 Å². The van der Waals surface area contributed by atoms with Gasteiger partial charge in [0, 0.05) is 5.69 Å². The third kappa shape index (κ3) is 3.51. The Balaban J connectivity index is 2.04. The highest BCUT2D eigenvalue weighted by molar-refractivity contribution is 5.65. The normalized spacial score (nSPS) is 10.2. The third-order valence-electron chi connectivity index (χ3n) is 2.56. The molecular formula is C14H18N4O. The van der Waals surface area contributed by atoms with Crippen molar-refractivity contribution < 1.29 is 4.74 Å². The summed E-state index contributed by atoms with van der Waals surface area (Å²) >= 11 is 0. The zero-order valence-corrected chi connectivity index (χ0v) is 10.9. The summed E-state index contributed by atoms with van der Waals surface area (Å²) in [6.45, 7) is 2.80. The van der Waals surface area contributed by atoms with Gasteiger partial charge in [-0.25, -0.2) is 4.98 Å². The summed E-state index contributed by atoms with van der Waals surface area (Å²) < 4.78 is 5.52. The second-order valence-corrected chi connectivity index (χ2v) is 4.17. The standard InChI is InChI=1S/C14H18N4O/c1-2-9-19-11-5-3-10(4-6-11)17-13-8-7-12(15)14(16)18-13/h3-8H,2,9,15H2,1H3,(H3,16,17,18). The Kier molecular flexibility index (Phi) is 4.07. The number of nitrogens with two attached hydrogens (primary N) is 2. The smallest absolute Gasteiger partial charge is 0.149 e. The number of nitrogen functional groups attached to an aromatic ring is 2. The van der Waals surface area contributed by atoms with Crippen molar-refractivity contribution in [2.24, 2.45) is 0 Å². The number of hydrogen-bond donors (Lipinski definition) is 3. The molecule has 0 aliphatic rings. The van der Waals surface area contributed by atoms with E-state index in [-0.39, 0.29) is 0 Å². The third-order valence-corrected chi connectivity index (χ3v) is 2.56. The molecule has 5 N–H and O–H groups in total. The highest BCUT2D eigenvalue weighted by atomic mass is 16.5. The summed E-state index contributed by atoms with van der Waals surface area (Å²) in [4.78, 5) is 4.15. The van der Waals surface area contributed by atoms with E-state index >= 15 is 0 Å². The molecule has 0 bridgehead atoms. The van der Waals surface area contributed by atoms with Crippen LogP contribution in [0, 0.1) is 0 Å². The highest BCUT2D eigenvalue weighted by Gasteiger charge is 2.00. The van der Waals surface area contributed by atoms with Crippen LogP contribution in [-0.2, 0) is 0 Å². The van der Waals surface area contributed by atoms with Crippen LogP contribution in [0.25, 0.3) is 0 Å². The Morgan fingerprint density at radius 3 is 2.47 bits per heavy atom. The van der Waals surface area contributed by atoms with Gasteiger partial charge in [-0.3, -0.25) is 0 Å². The van der Waals surface area contributed by atoms with E-state index in [9.17, 15) is 0 Å². The molecule has 0 amide bonds. The minimum atomic E-state index is 0.327. The molecule has 0 unspecified atom stereocenters. The van der Waals surface area contributed by atoms with Crippen LogP contribution in [0.15, 0.2) is 36.4 Å². The fraction of sp³-hybridized carbons (Fsp3) is 0.214. The van der Waals surface area contributed by atoms with Crippen LogP contribution < -0.4 is 21.5 Å². The van der Waals surface area contributed by atoms with Crippen LogP contribution in [0.5, 0.6) is 5.75 Å². The highest BCUT2D eigenvalue weighted by Crippen LogP contribution is 2.21. The van der Waals surface area contributed by atoms with Crippen LogP contribution in [-0.4, -0.2) is 11.6 Å². The predicted molar refractivity (Wildman–Crippen MR) is 78.6 cm³/mol. The molecular weight excluding hydrogens is 240 g/mol. The molecule has 1 aromatic carbocycles. The molecule has 1 aromatic heterocycles. The van der Waals surface area contributed by atoms with E-state index < -0.39 is 0 Å². The molecule has 1 heterocycles. The second-order valence-electron chi connectivity index (χ2n) is 4.17. The number of nitrogens with one attached hydrogen (secondary N) is 1. The molecule has 2 rings (SSSR count). The zero-order valence-electron chi connectivity index (χ0n) is 10.9. The van der Waals surface area contributed by atoms with Gasteiger partial charge in [-0.15, -0.1) is 0 Å². The maximum absolute atomic E-state index is 5.66. The zero-order chi connectivity index (χ0) is 13.7. The Morgan fingerprint density at radius 1 is 1.11 bits per heavy atom. The van der Waals surface area contributed by atoms with E-state index in [1.54, 1.807) is 12.1 Å². The number of nitrogens with zero attached hydrogens (tertiary/aromatic N) is 1. The number of pyridine rings is 1. The summed E-state index contributed by atoms with van der Waals surface area (Å²) in [5.74, 6) is 1.85. The first kappa shape index (κ1) is 13.0. The first-order chi connectivity index (χ1) is 9.19. The van der Waals surface area contributed by atoms with Gasteiger partial charge < -0.3 is 21.5 Å². The van der Waals surface area contributed by atoms with E-state index in [0.29, 0.717) is 17.3 Å². The molecule has 5 heteroatoms. The van der Waals surface area contributed by atoms with Gasteiger partial charge in [0.1, 0.15) is 17.4 Å². The van der Waals surface area contributed by atoms with Gasteiger partial charge in [-0.1, -0.05) is 6.92 Å². The molecule has 0 saturated carbocycles. The number of benzene rings is 1. The van der Waals surface area contributed by atoms with Crippen molar-refractivity contribution in [1.29, 1.82) is 0 Å². The van der Waals surface area contributed by atoms with Gasteiger partial charge in [0.25, 0.3) is 0 Å². The van der Waals surface area contributed by atoms with Crippen LogP contribution >= 0.6 is 0 Å². The topological polar surface area (TPSA) is 86.2 Å². The summed E-state index contributed by atoms with van der Waals surface area (Å²) in [5.41, 5.74) is 12.7. The first-order valence-corrected chi connectivity index (χ1v) is 6.21. The lowest BCUT2D eigenvalue weighted by molar-refractivity contribution is 0.317. The maximum atomic E-state index is 5.66. The summed E-state index contributed by atoms with van der Waals surface area (Å²) in [6, 6.07) is 11.2.